The molecule has 0 spiro atoms. The molecule has 0 amide bonds. The minimum absolute atomic E-state index is 0.224. The van der Waals surface area contributed by atoms with Crippen molar-refractivity contribution in [2.75, 3.05) is 0 Å². The van der Waals surface area contributed by atoms with E-state index in [2.05, 4.69) is 48.4 Å². The SMILES string of the molecule is Cc1ccc([C@H](C)NCc2nc(C)ccc2O)cc1. The molecule has 0 aliphatic rings. The van der Waals surface area contributed by atoms with Crippen LogP contribution >= 0.6 is 0 Å². The van der Waals surface area contributed by atoms with Gasteiger partial charge in [0, 0.05) is 18.3 Å². The van der Waals surface area contributed by atoms with Crippen molar-refractivity contribution in [3.05, 3.63) is 58.9 Å². The number of pyridine rings is 1. The third-order valence-electron chi connectivity index (χ3n) is 3.24. The highest BCUT2D eigenvalue weighted by atomic mass is 16.3. The second kappa shape index (κ2) is 5.85. The maximum atomic E-state index is 9.75. The van der Waals surface area contributed by atoms with Gasteiger partial charge in [-0.2, -0.15) is 0 Å². The molecule has 0 saturated heterocycles. The molecule has 3 heteroatoms. The predicted molar refractivity (Wildman–Crippen MR) is 77.1 cm³/mol. The van der Waals surface area contributed by atoms with E-state index >= 15 is 0 Å². The number of aromatic nitrogens is 1. The first kappa shape index (κ1) is 13.6. The van der Waals surface area contributed by atoms with E-state index < -0.39 is 0 Å². The summed E-state index contributed by atoms with van der Waals surface area (Å²) >= 11 is 0. The van der Waals surface area contributed by atoms with Crippen molar-refractivity contribution in [1.82, 2.24) is 10.3 Å². The van der Waals surface area contributed by atoms with Gasteiger partial charge in [0.25, 0.3) is 0 Å². The normalized spacial score (nSPS) is 12.4. The summed E-state index contributed by atoms with van der Waals surface area (Å²) < 4.78 is 0. The highest BCUT2D eigenvalue weighted by Crippen LogP contribution is 2.17. The van der Waals surface area contributed by atoms with Crippen LogP contribution in [0, 0.1) is 13.8 Å². The zero-order valence-corrected chi connectivity index (χ0v) is 11.6. The summed E-state index contributed by atoms with van der Waals surface area (Å²) in [4.78, 5) is 4.34. The highest BCUT2D eigenvalue weighted by Gasteiger charge is 2.07. The minimum atomic E-state index is 0.224. The zero-order chi connectivity index (χ0) is 13.8. The number of aryl methyl sites for hydroxylation is 2. The van der Waals surface area contributed by atoms with Gasteiger partial charge in [0.2, 0.25) is 0 Å². The molecular formula is C16H20N2O. The van der Waals surface area contributed by atoms with Crippen molar-refractivity contribution in [2.24, 2.45) is 0 Å². The third-order valence-corrected chi connectivity index (χ3v) is 3.24. The maximum absolute atomic E-state index is 9.75. The van der Waals surface area contributed by atoms with Crippen LogP contribution in [0.15, 0.2) is 36.4 Å². The summed E-state index contributed by atoms with van der Waals surface area (Å²) in [5, 5.41) is 13.1. The van der Waals surface area contributed by atoms with Gasteiger partial charge in [0.1, 0.15) is 5.75 Å². The van der Waals surface area contributed by atoms with Gasteiger partial charge in [-0.1, -0.05) is 29.8 Å². The van der Waals surface area contributed by atoms with Crippen LogP contribution in [0.4, 0.5) is 0 Å². The molecule has 0 aliphatic carbocycles. The molecule has 100 valence electrons. The van der Waals surface area contributed by atoms with E-state index in [0.29, 0.717) is 12.2 Å². The Bertz CT molecular complexity index is 549. The molecule has 0 radical (unpaired) electrons. The Hall–Kier alpha value is -1.87. The van der Waals surface area contributed by atoms with Crippen LogP contribution < -0.4 is 5.32 Å². The number of benzene rings is 1. The second-order valence-electron chi connectivity index (χ2n) is 4.93. The van der Waals surface area contributed by atoms with Crippen LogP contribution in [-0.4, -0.2) is 10.1 Å². The number of rotatable bonds is 4. The molecule has 0 fully saturated rings. The molecule has 3 nitrogen and oxygen atoms in total. The lowest BCUT2D eigenvalue weighted by Gasteiger charge is -2.15. The van der Waals surface area contributed by atoms with E-state index in [0.717, 1.165) is 5.69 Å². The quantitative estimate of drug-likeness (QED) is 0.882. The van der Waals surface area contributed by atoms with Crippen molar-refractivity contribution >= 4 is 0 Å². The average molecular weight is 256 g/mol. The first-order chi connectivity index (χ1) is 9.06. The Balaban J connectivity index is 2.02. The Kier molecular flexibility index (Phi) is 4.17. The van der Waals surface area contributed by atoms with Crippen LogP contribution in [0.25, 0.3) is 0 Å². The molecule has 2 aromatic rings. The number of nitrogens with one attached hydrogen (secondary N) is 1. The summed E-state index contributed by atoms with van der Waals surface area (Å²) in [6, 6.07) is 12.2. The van der Waals surface area contributed by atoms with Crippen molar-refractivity contribution < 1.29 is 5.11 Å². The molecule has 1 atom stereocenters. The van der Waals surface area contributed by atoms with Gasteiger partial charge < -0.3 is 10.4 Å². The van der Waals surface area contributed by atoms with E-state index in [-0.39, 0.29) is 11.8 Å². The van der Waals surface area contributed by atoms with Gasteiger partial charge in [-0.15, -0.1) is 0 Å². The van der Waals surface area contributed by atoms with Gasteiger partial charge in [0.15, 0.2) is 0 Å². The van der Waals surface area contributed by atoms with Crippen LogP contribution in [0.2, 0.25) is 0 Å². The number of hydrogen-bond acceptors (Lipinski definition) is 3. The fourth-order valence-electron chi connectivity index (χ4n) is 1.96. The molecule has 1 heterocycles. The van der Waals surface area contributed by atoms with Crippen LogP contribution in [0.3, 0.4) is 0 Å². The molecule has 19 heavy (non-hydrogen) atoms. The lowest BCUT2D eigenvalue weighted by atomic mass is 10.1. The number of aromatic hydroxyl groups is 1. The molecule has 0 saturated carbocycles. The largest absolute Gasteiger partial charge is 0.506 e. The summed E-state index contributed by atoms with van der Waals surface area (Å²) in [5.74, 6) is 0.245. The summed E-state index contributed by atoms with van der Waals surface area (Å²) in [7, 11) is 0. The van der Waals surface area contributed by atoms with Gasteiger partial charge in [-0.25, -0.2) is 0 Å². The van der Waals surface area contributed by atoms with E-state index in [1.165, 1.54) is 11.1 Å². The molecule has 0 aliphatic heterocycles. The number of hydrogen-bond donors (Lipinski definition) is 2. The van der Waals surface area contributed by atoms with Gasteiger partial charge in [-0.05, 0) is 38.5 Å². The van der Waals surface area contributed by atoms with E-state index in [4.69, 9.17) is 0 Å². The van der Waals surface area contributed by atoms with Crippen molar-refractivity contribution in [3.8, 4) is 5.75 Å². The van der Waals surface area contributed by atoms with Crippen LogP contribution in [0.5, 0.6) is 5.75 Å². The van der Waals surface area contributed by atoms with Gasteiger partial charge in [-0.3, -0.25) is 4.98 Å². The molecule has 2 rings (SSSR count). The molecule has 1 aromatic heterocycles. The lowest BCUT2D eigenvalue weighted by molar-refractivity contribution is 0.454. The predicted octanol–water partition coefficient (Wildman–Crippen LogP) is 3.25. The Labute approximate surface area is 114 Å². The van der Waals surface area contributed by atoms with Gasteiger partial charge in [0.05, 0.1) is 5.69 Å². The summed E-state index contributed by atoms with van der Waals surface area (Å²) in [6.45, 7) is 6.67. The van der Waals surface area contributed by atoms with E-state index in [1.807, 2.05) is 13.0 Å². The van der Waals surface area contributed by atoms with Crippen LogP contribution in [-0.2, 0) is 6.54 Å². The van der Waals surface area contributed by atoms with Crippen molar-refractivity contribution in [1.29, 1.82) is 0 Å². The fraction of sp³-hybridized carbons (Fsp3) is 0.312. The second-order valence-corrected chi connectivity index (χ2v) is 4.93. The molecule has 1 aromatic carbocycles. The topological polar surface area (TPSA) is 45.2 Å². The fourth-order valence-corrected chi connectivity index (χ4v) is 1.96. The Morgan fingerprint density at radius 2 is 1.79 bits per heavy atom. The smallest absolute Gasteiger partial charge is 0.138 e. The Morgan fingerprint density at radius 1 is 1.11 bits per heavy atom. The minimum Gasteiger partial charge on any atom is -0.506 e. The molecule has 0 bridgehead atoms. The van der Waals surface area contributed by atoms with Crippen molar-refractivity contribution in [2.45, 2.75) is 33.4 Å². The Morgan fingerprint density at radius 3 is 2.47 bits per heavy atom. The summed E-state index contributed by atoms with van der Waals surface area (Å²) in [6.07, 6.45) is 0. The van der Waals surface area contributed by atoms with Gasteiger partial charge >= 0.3 is 0 Å². The average Bonchev–Trinajstić information content (AvgIpc) is 2.40. The van der Waals surface area contributed by atoms with Crippen LogP contribution in [0.1, 0.15) is 35.5 Å². The highest BCUT2D eigenvalue weighted by molar-refractivity contribution is 5.28. The molecular weight excluding hydrogens is 236 g/mol. The van der Waals surface area contributed by atoms with E-state index in [1.54, 1.807) is 6.07 Å². The maximum Gasteiger partial charge on any atom is 0.138 e. The molecule has 0 unspecified atom stereocenters. The van der Waals surface area contributed by atoms with Crippen molar-refractivity contribution in [3.63, 3.8) is 0 Å². The zero-order valence-electron chi connectivity index (χ0n) is 11.6. The first-order valence-corrected chi connectivity index (χ1v) is 6.51. The number of nitrogens with zero attached hydrogens (tertiary/aromatic N) is 1. The lowest BCUT2D eigenvalue weighted by Crippen LogP contribution is -2.19. The van der Waals surface area contributed by atoms with E-state index in [9.17, 15) is 5.11 Å². The monoisotopic (exact) mass is 256 g/mol. The third kappa shape index (κ3) is 3.55. The molecule has 2 N–H and O–H groups in total. The summed E-state index contributed by atoms with van der Waals surface area (Å²) in [5.41, 5.74) is 4.10. The first-order valence-electron chi connectivity index (χ1n) is 6.51. The standard InChI is InChI=1S/C16H20N2O/c1-11-4-7-14(8-5-11)13(3)17-10-15-16(19)9-6-12(2)18-15/h4-9,13,17,19H,10H2,1-3H3/t13-/m0/s1.